The first-order valence-electron chi connectivity index (χ1n) is 25.4. The van der Waals surface area contributed by atoms with Gasteiger partial charge in [-0.1, -0.05) is 145 Å². The Morgan fingerprint density at radius 2 is 0.915 bits per heavy atom. The molecule has 6 aromatic rings. The summed E-state index contributed by atoms with van der Waals surface area (Å²) in [4.78, 5) is 47.4. The van der Waals surface area contributed by atoms with E-state index < -0.39 is 0 Å². The summed E-state index contributed by atoms with van der Waals surface area (Å²) in [7, 11) is 8.18. The van der Waals surface area contributed by atoms with Crippen LogP contribution >= 0.6 is 15.9 Å². The molecule has 8 nitrogen and oxygen atoms in total. The molecule has 2 aliphatic rings. The number of hydrogen-bond donors (Lipinski definition) is 0. The Balaban J connectivity index is 0.000000213. The lowest BCUT2D eigenvalue weighted by Gasteiger charge is -2.30. The van der Waals surface area contributed by atoms with Gasteiger partial charge in [0.15, 0.2) is 0 Å². The fraction of sp³-hybridized carbons (Fsp3) is 0.339. The maximum atomic E-state index is 13.8. The molecule has 8 rings (SSSR count). The van der Waals surface area contributed by atoms with Crippen LogP contribution in [0.15, 0.2) is 156 Å². The van der Waals surface area contributed by atoms with Crippen LogP contribution in [0.25, 0.3) is 28.3 Å². The van der Waals surface area contributed by atoms with E-state index in [1.807, 2.05) is 86.3 Å². The summed E-state index contributed by atoms with van der Waals surface area (Å²) in [6.45, 7) is 4.74. The number of carbonyl (C=O) groups is 3. The molecule has 2 amide bonds. The van der Waals surface area contributed by atoms with E-state index in [4.69, 9.17) is 4.74 Å². The fourth-order valence-electron chi connectivity index (χ4n) is 9.48. The third-order valence-corrected chi connectivity index (χ3v) is 14.0. The third-order valence-electron chi connectivity index (χ3n) is 13.5. The SMILES string of the molecule is CC(C)OC(=O)/C=C/c1cccc(N(Cc2ccc(-c3ccc(N(C)C)cc3)cc2)C(=O)C2CCCCC2)c1.CN(C)c1ccc(-c2ccc(CN(C(=O)C3CCCCC3)c3cccc(Br)c3)cc2)cc1. The predicted molar refractivity (Wildman–Crippen MR) is 299 cm³/mol. The van der Waals surface area contributed by atoms with Gasteiger partial charge < -0.3 is 24.3 Å². The molecule has 0 bridgehead atoms. The normalized spacial score (nSPS) is 14.1. The third kappa shape index (κ3) is 15.0. The van der Waals surface area contributed by atoms with Gasteiger partial charge in [-0.25, -0.2) is 4.79 Å². The lowest BCUT2D eigenvalue weighted by atomic mass is 9.88. The number of rotatable bonds is 15. The Labute approximate surface area is 431 Å². The van der Waals surface area contributed by atoms with Gasteiger partial charge in [0, 0.05) is 73.3 Å². The maximum absolute atomic E-state index is 13.8. The van der Waals surface area contributed by atoms with E-state index in [-0.39, 0.29) is 35.7 Å². The Hall–Kier alpha value is -6.45. The Bertz CT molecular complexity index is 2680. The van der Waals surface area contributed by atoms with Gasteiger partial charge in [-0.3, -0.25) is 9.59 Å². The minimum atomic E-state index is -0.373. The standard InChI is InChI=1S/C34H40N2O3.C28H31BrN2O/c1-25(2)39-33(37)22-15-26-9-8-12-32(23-26)36(34(38)30-10-6-5-7-11-30)24-27-13-16-28(17-14-27)29-18-20-31(21-19-29)35(3)4;1-30(2)26-17-15-23(16-18-26)22-13-11-21(12-14-22)20-31(27-10-6-9-25(29)19-27)28(32)24-7-4-3-5-8-24/h8-9,12-23,25,30H,5-7,10-11,24H2,1-4H3;6,9-19,24H,3-5,7-8,20H2,1-2H3/b22-15+;. The number of halogens is 1. The molecule has 0 aromatic heterocycles. The van der Waals surface area contributed by atoms with Gasteiger partial charge in [0.1, 0.15) is 0 Å². The Kier molecular flexibility index (Phi) is 18.9. The van der Waals surface area contributed by atoms with Crippen LogP contribution in [0.1, 0.15) is 94.7 Å². The summed E-state index contributed by atoms with van der Waals surface area (Å²) in [5.41, 5.74) is 11.9. The van der Waals surface area contributed by atoms with Crippen LogP contribution < -0.4 is 19.6 Å². The minimum absolute atomic E-state index is 0.0495. The fourth-order valence-corrected chi connectivity index (χ4v) is 9.87. The van der Waals surface area contributed by atoms with Gasteiger partial charge in [0.05, 0.1) is 19.2 Å². The van der Waals surface area contributed by atoms with E-state index in [2.05, 4.69) is 137 Å². The first-order chi connectivity index (χ1) is 34.3. The molecule has 9 heteroatoms. The van der Waals surface area contributed by atoms with E-state index in [1.165, 1.54) is 41.4 Å². The molecule has 0 aliphatic heterocycles. The Morgan fingerprint density at radius 1 is 0.521 bits per heavy atom. The van der Waals surface area contributed by atoms with Crippen molar-refractivity contribution in [1.82, 2.24) is 0 Å². The van der Waals surface area contributed by atoms with Crippen LogP contribution in [0.3, 0.4) is 0 Å². The molecule has 71 heavy (non-hydrogen) atoms. The zero-order valence-electron chi connectivity index (χ0n) is 42.5. The molecule has 0 spiro atoms. The zero-order valence-corrected chi connectivity index (χ0v) is 44.1. The van der Waals surface area contributed by atoms with Crippen molar-refractivity contribution in [2.75, 3.05) is 47.8 Å². The van der Waals surface area contributed by atoms with E-state index in [9.17, 15) is 14.4 Å². The van der Waals surface area contributed by atoms with Crippen LogP contribution in [-0.4, -0.2) is 52.1 Å². The summed E-state index contributed by atoms with van der Waals surface area (Å²) in [5.74, 6) is 0.247. The monoisotopic (exact) mass is 1010 g/mol. The highest BCUT2D eigenvalue weighted by atomic mass is 79.9. The van der Waals surface area contributed by atoms with E-state index in [0.29, 0.717) is 13.1 Å². The van der Waals surface area contributed by atoms with Crippen molar-refractivity contribution in [1.29, 1.82) is 0 Å². The van der Waals surface area contributed by atoms with Crippen molar-refractivity contribution in [3.05, 3.63) is 173 Å². The summed E-state index contributed by atoms with van der Waals surface area (Å²) >= 11 is 3.57. The molecule has 2 aliphatic carbocycles. The highest BCUT2D eigenvalue weighted by Gasteiger charge is 2.29. The predicted octanol–water partition coefficient (Wildman–Crippen LogP) is 14.8. The molecule has 370 valence electrons. The zero-order chi connectivity index (χ0) is 50.3. The van der Waals surface area contributed by atoms with Gasteiger partial charge in [-0.2, -0.15) is 0 Å². The van der Waals surface area contributed by atoms with Gasteiger partial charge in [0.2, 0.25) is 11.8 Å². The van der Waals surface area contributed by atoms with Crippen molar-refractivity contribution < 1.29 is 19.1 Å². The van der Waals surface area contributed by atoms with Crippen LogP contribution in [-0.2, 0) is 32.2 Å². The second-order valence-electron chi connectivity index (χ2n) is 19.7. The van der Waals surface area contributed by atoms with Crippen molar-refractivity contribution in [3.8, 4) is 22.3 Å². The smallest absolute Gasteiger partial charge is 0.331 e. The number of anilines is 4. The highest BCUT2D eigenvalue weighted by molar-refractivity contribution is 9.10. The number of amides is 2. The number of ether oxygens (including phenoxy) is 1. The van der Waals surface area contributed by atoms with Crippen LogP contribution in [0, 0.1) is 11.8 Å². The largest absolute Gasteiger partial charge is 0.460 e. The van der Waals surface area contributed by atoms with Crippen LogP contribution in [0.4, 0.5) is 22.7 Å². The molecule has 2 fully saturated rings. The van der Waals surface area contributed by atoms with Gasteiger partial charge in [0.25, 0.3) is 0 Å². The first-order valence-corrected chi connectivity index (χ1v) is 26.2. The molecule has 2 saturated carbocycles. The quantitative estimate of drug-likeness (QED) is 0.0754. The lowest BCUT2D eigenvalue weighted by Crippen LogP contribution is -2.36. The molecule has 0 unspecified atom stereocenters. The average Bonchev–Trinajstić information content (AvgIpc) is 3.39. The number of esters is 1. The second kappa shape index (κ2) is 25.6. The summed E-state index contributed by atoms with van der Waals surface area (Å²) in [5, 5.41) is 0. The van der Waals surface area contributed by atoms with E-state index >= 15 is 0 Å². The van der Waals surface area contributed by atoms with Crippen LogP contribution in [0.2, 0.25) is 0 Å². The number of benzene rings is 6. The maximum Gasteiger partial charge on any atom is 0.331 e. The average molecular weight is 1020 g/mol. The van der Waals surface area contributed by atoms with Gasteiger partial charge >= 0.3 is 5.97 Å². The van der Waals surface area contributed by atoms with E-state index in [0.717, 1.165) is 95.0 Å². The minimum Gasteiger partial charge on any atom is -0.460 e. The summed E-state index contributed by atoms with van der Waals surface area (Å²) < 4.78 is 6.21. The summed E-state index contributed by atoms with van der Waals surface area (Å²) in [6.07, 6.45) is 13.9. The van der Waals surface area contributed by atoms with Crippen molar-refractivity contribution in [2.24, 2.45) is 11.8 Å². The molecule has 0 radical (unpaired) electrons. The van der Waals surface area contributed by atoms with Gasteiger partial charge in [-0.05, 0) is 139 Å². The van der Waals surface area contributed by atoms with Gasteiger partial charge in [-0.15, -0.1) is 0 Å². The van der Waals surface area contributed by atoms with Crippen LogP contribution in [0.5, 0.6) is 0 Å². The number of nitrogens with zero attached hydrogens (tertiary/aromatic N) is 4. The lowest BCUT2D eigenvalue weighted by molar-refractivity contribution is -0.141. The number of carbonyl (C=O) groups excluding carboxylic acids is 3. The Morgan fingerprint density at radius 3 is 1.31 bits per heavy atom. The molecular formula is C62H71BrN4O4. The molecule has 0 heterocycles. The van der Waals surface area contributed by atoms with Crippen molar-refractivity contribution >= 4 is 62.5 Å². The van der Waals surface area contributed by atoms with Crippen molar-refractivity contribution in [2.45, 2.75) is 97.2 Å². The van der Waals surface area contributed by atoms with Crippen molar-refractivity contribution in [3.63, 3.8) is 0 Å². The molecule has 0 N–H and O–H groups in total. The second-order valence-corrected chi connectivity index (χ2v) is 20.6. The summed E-state index contributed by atoms with van der Waals surface area (Å²) in [6, 6.07) is 50.1. The number of hydrogen-bond acceptors (Lipinski definition) is 6. The molecule has 0 saturated heterocycles. The first kappa shape index (κ1) is 52.4. The van der Waals surface area contributed by atoms with E-state index in [1.54, 1.807) is 6.08 Å². The topological polar surface area (TPSA) is 73.4 Å². The highest BCUT2D eigenvalue weighted by Crippen LogP contribution is 2.33. The molecule has 6 aromatic carbocycles. The molecular weight excluding hydrogens is 945 g/mol. The molecule has 0 atom stereocenters.